The van der Waals surface area contributed by atoms with Crippen LogP contribution in [-0.2, 0) is 37.9 Å². The molecule has 1 aromatic heterocycles. The Bertz CT molecular complexity index is 3430. The first-order valence-corrected chi connectivity index (χ1v) is 28.6. The van der Waals surface area contributed by atoms with Crippen LogP contribution in [0.4, 0.5) is 33.4 Å². The van der Waals surface area contributed by atoms with E-state index in [4.69, 9.17) is 0 Å². The third-order valence-corrected chi connectivity index (χ3v) is 21.4. The van der Waals surface area contributed by atoms with E-state index in [1.165, 1.54) is 157 Å². The highest BCUT2D eigenvalue weighted by molar-refractivity contribution is 7.26. The molecular formula is C68H77BN2S. The van der Waals surface area contributed by atoms with E-state index in [2.05, 4.69) is 221 Å². The van der Waals surface area contributed by atoms with Crippen LogP contribution in [0, 0.1) is 6.92 Å². The summed E-state index contributed by atoms with van der Waals surface area (Å²) in [5, 5.41) is 2.87. The van der Waals surface area contributed by atoms with E-state index in [0.29, 0.717) is 0 Å². The van der Waals surface area contributed by atoms with E-state index < -0.39 is 0 Å². The van der Waals surface area contributed by atoms with Crippen molar-refractivity contribution in [2.24, 2.45) is 0 Å². The highest BCUT2D eigenvalue weighted by atomic mass is 32.1. The van der Waals surface area contributed by atoms with Crippen molar-refractivity contribution >= 4 is 78.0 Å². The van der Waals surface area contributed by atoms with E-state index in [9.17, 15) is 0 Å². The van der Waals surface area contributed by atoms with Gasteiger partial charge in [-0.05, 0) is 223 Å². The molecule has 0 N–H and O–H groups in total. The summed E-state index contributed by atoms with van der Waals surface area (Å²) in [7, 11) is 0. The van der Waals surface area contributed by atoms with Gasteiger partial charge in [-0.2, -0.15) is 0 Å². The molecule has 368 valence electrons. The monoisotopic (exact) mass is 965 g/mol. The first-order chi connectivity index (χ1) is 33.9. The lowest BCUT2D eigenvalue weighted by molar-refractivity contribution is 0.332. The summed E-state index contributed by atoms with van der Waals surface area (Å²) in [6, 6.07) is 42.4. The average Bonchev–Trinajstić information content (AvgIpc) is 3.56. The molecule has 4 heteroatoms. The molecule has 2 atom stereocenters. The Morgan fingerprint density at radius 2 is 1.01 bits per heavy atom. The maximum atomic E-state index is 2.79. The predicted molar refractivity (Wildman–Crippen MR) is 313 cm³/mol. The van der Waals surface area contributed by atoms with Crippen LogP contribution < -0.4 is 26.2 Å². The Morgan fingerprint density at radius 1 is 0.486 bits per heavy atom. The topological polar surface area (TPSA) is 6.48 Å². The molecule has 7 aliphatic rings. The average molecular weight is 965 g/mol. The number of anilines is 6. The fourth-order valence-electron chi connectivity index (χ4n) is 15.2. The second-order valence-electron chi connectivity index (χ2n) is 28.1. The molecule has 0 saturated heterocycles. The fourth-order valence-corrected chi connectivity index (χ4v) is 16.5. The Morgan fingerprint density at radius 3 is 1.60 bits per heavy atom. The maximum Gasteiger partial charge on any atom is 0.254 e. The number of hydrogen-bond donors (Lipinski definition) is 0. The molecule has 1 fully saturated rings. The minimum atomic E-state index is 0.0373. The second-order valence-corrected chi connectivity index (χ2v) is 29.1. The predicted octanol–water partition coefficient (Wildman–Crippen LogP) is 17.4. The van der Waals surface area contributed by atoms with Crippen LogP contribution in [0.15, 0.2) is 103 Å². The third-order valence-electron chi connectivity index (χ3n) is 20.2. The zero-order valence-electron chi connectivity index (χ0n) is 46.1. The minimum Gasteiger partial charge on any atom is -0.311 e. The quantitative estimate of drug-likeness (QED) is 0.163. The summed E-state index contributed by atoms with van der Waals surface area (Å²) in [4.78, 5) is 5.51. The van der Waals surface area contributed by atoms with Crippen molar-refractivity contribution in [3.05, 3.63) is 148 Å². The molecule has 2 bridgehead atoms. The standard InChI is InChI=1S/C68H77BN2S/c1-41-33-56-60-57(34-41)71(54-38-49-47(63(5,6)27-29-65(49,9)10)35-45(54)42-19-16-15-17-20-42)55-39-50-48(64(7,8)28-30-66(50,11)12)37-53(55)69(60)59-46-36-51-52(68(14)26-18-25-67(51,13)31-32-68)40-58(46)72-61(59)70(56)44-23-21-43(22-24-44)62(2,3)4/h15-17,19-24,33-40H,18,25-32H2,1-14H3. The van der Waals surface area contributed by atoms with Crippen molar-refractivity contribution in [3.8, 4) is 11.1 Å². The number of thiophene rings is 1. The van der Waals surface area contributed by atoms with Gasteiger partial charge in [0.05, 0.1) is 10.7 Å². The van der Waals surface area contributed by atoms with Crippen LogP contribution in [0.2, 0.25) is 0 Å². The molecule has 14 rings (SSSR count). The van der Waals surface area contributed by atoms with Crippen molar-refractivity contribution in [1.29, 1.82) is 0 Å². The van der Waals surface area contributed by atoms with E-state index in [1.54, 1.807) is 16.7 Å². The minimum absolute atomic E-state index is 0.0373. The van der Waals surface area contributed by atoms with Gasteiger partial charge < -0.3 is 9.80 Å². The smallest absolute Gasteiger partial charge is 0.254 e. The van der Waals surface area contributed by atoms with Gasteiger partial charge in [0.2, 0.25) is 0 Å². The van der Waals surface area contributed by atoms with Gasteiger partial charge in [-0.3, -0.25) is 0 Å². The van der Waals surface area contributed by atoms with Crippen LogP contribution in [-0.4, -0.2) is 6.71 Å². The number of rotatable bonds is 3. The molecule has 0 amide bonds. The summed E-state index contributed by atoms with van der Waals surface area (Å²) in [5.74, 6) is 0. The molecule has 2 unspecified atom stereocenters. The molecular weight excluding hydrogens is 888 g/mol. The molecule has 72 heavy (non-hydrogen) atoms. The Kier molecular flexibility index (Phi) is 9.76. The number of fused-ring (bicyclic) bond motifs is 11. The summed E-state index contributed by atoms with van der Waals surface area (Å²) >= 11 is 2.06. The molecule has 3 heterocycles. The van der Waals surface area contributed by atoms with E-state index in [-0.39, 0.29) is 44.6 Å². The van der Waals surface area contributed by atoms with Gasteiger partial charge in [0.1, 0.15) is 0 Å². The lowest BCUT2D eigenvalue weighted by atomic mass is 9.33. The van der Waals surface area contributed by atoms with Gasteiger partial charge in [-0.25, -0.2) is 0 Å². The third kappa shape index (κ3) is 6.64. The van der Waals surface area contributed by atoms with Crippen molar-refractivity contribution in [2.45, 2.75) is 193 Å². The number of nitrogens with zero attached hydrogens (tertiary/aromatic N) is 2. The van der Waals surface area contributed by atoms with Crippen molar-refractivity contribution in [3.63, 3.8) is 0 Å². The number of hydrogen-bond acceptors (Lipinski definition) is 3. The summed E-state index contributed by atoms with van der Waals surface area (Å²) in [6.07, 6.45) is 11.2. The lowest BCUT2D eigenvalue weighted by Crippen LogP contribution is -2.61. The lowest BCUT2D eigenvalue weighted by Gasteiger charge is -2.48. The van der Waals surface area contributed by atoms with Crippen molar-refractivity contribution in [1.82, 2.24) is 0 Å². The van der Waals surface area contributed by atoms with E-state index >= 15 is 0 Å². The van der Waals surface area contributed by atoms with Crippen molar-refractivity contribution in [2.75, 3.05) is 9.80 Å². The zero-order valence-corrected chi connectivity index (χ0v) is 46.9. The molecule has 7 aromatic rings. The van der Waals surface area contributed by atoms with E-state index in [1.807, 2.05) is 0 Å². The molecule has 0 radical (unpaired) electrons. The number of aryl methyl sites for hydroxylation is 1. The summed E-state index contributed by atoms with van der Waals surface area (Å²) < 4.78 is 1.45. The molecule has 5 aliphatic carbocycles. The van der Waals surface area contributed by atoms with Gasteiger partial charge in [0.25, 0.3) is 6.71 Å². The first kappa shape index (κ1) is 46.7. The molecule has 2 nitrogen and oxygen atoms in total. The highest BCUT2D eigenvalue weighted by Gasteiger charge is 2.51. The normalized spacial score (nSPS) is 23.7. The van der Waals surface area contributed by atoms with Gasteiger partial charge in [0.15, 0.2) is 0 Å². The van der Waals surface area contributed by atoms with Gasteiger partial charge in [-0.15, -0.1) is 11.3 Å². The summed E-state index contributed by atoms with van der Waals surface area (Å²) in [6.45, 7) is 34.7. The highest BCUT2D eigenvalue weighted by Crippen LogP contribution is 2.58. The Labute approximate surface area is 436 Å². The fraction of sp³-hybridized carbons (Fsp3) is 0.441. The molecule has 0 spiro atoms. The second kappa shape index (κ2) is 15.1. The first-order valence-electron chi connectivity index (χ1n) is 27.8. The van der Waals surface area contributed by atoms with Gasteiger partial charge >= 0.3 is 0 Å². The Balaban J connectivity index is 1.18. The SMILES string of the molecule is Cc1cc2c3c(c1)N(c1ccc(C(C)(C)C)cc1)c1sc4cc5c(cc4c1B3c1cc3c(cc1N2c1cc2c(cc1-c1ccccc1)C(C)(C)CCC2(C)C)C(C)(C)CCC3(C)C)C1(C)CCCC5(C)CC1. The Hall–Kier alpha value is -5.06. The summed E-state index contributed by atoms with van der Waals surface area (Å²) in [5.41, 5.74) is 26.3. The molecule has 6 aromatic carbocycles. The zero-order chi connectivity index (χ0) is 50.4. The van der Waals surface area contributed by atoms with Crippen LogP contribution in [0.5, 0.6) is 0 Å². The molecule has 2 aliphatic heterocycles. The van der Waals surface area contributed by atoms with Crippen molar-refractivity contribution < 1.29 is 0 Å². The maximum absolute atomic E-state index is 2.79. The van der Waals surface area contributed by atoms with Crippen LogP contribution in [0.1, 0.15) is 192 Å². The van der Waals surface area contributed by atoms with Crippen LogP contribution >= 0.6 is 11.3 Å². The van der Waals surface area contributed by atoms with E-state index in [0.717, 1.165) is 0 Å². The van der Waals surface area contributed by atoms with Gasteiger partial charge in [-0.1, -0.05) is 145 Å². The van der Waals surface area contributed by atoms with Crippen LogP contribution in [0.3, 0.4) is 0 Å². The van der Waals surface area contributed by atoms with Crippen LogP contribution in [0.25, 0.3) is 21.2 Å². The molecule has 1 saturated carbocycles. The van der Waals surface area contributed by atoms with Gasteiger partial charge in [0, 0.05) is 33.0 Å². The number of benzene rings is 6. The largest absolute Gasteiger partial charge is 0.311 e.